The quantitative estimate of drug-likeness (QED) is 0.526. The van der Waals surface area contributed by atoms with Crippen LogP contribution < -0.4 is 5.73 Å². The Labute approximate surface area is 158 Å². The minimum Gasteiger partial charge on any atom is -0.463 e. The van der Waals surface area contributed by atoms with Gasteiger partial charge in [0.15, 0.2) is 24.1 Å². The molecule has 12 nitrogen and oxygen atoms in total. The van der Waals surface area contributed by atoms with Crippen molar-refractivity contribution in [3.05, 3.63) is 12.5 Å². The zero-order valence-corrected chi connectivity index (χ0v) is 15.4. The molecule has 0 bridgehead atoms. The molecule has 0 unspecified atom stereocenters. The van der Waals surface area contributed by atoms with Gasteiger partial charge in [-0.25, -0.2) is 9.97 Å². The summed E-state index contributed by atoms with van der Waals surface area (Å²) in [6.07, 6.45) is -1.02. The maximum absolute atomic E-state index is 11.7. The van der Waals surface area contributed by atoms with E-state index in [4.69, 9.17) is 24.7 Å². The lowest BCUT2D eigenvalue weighted by atomic mass is 10.1. The van der Waals surface area contributed by atoms with Crippen LogP contribution >= 0.6 is 0 Å². The van der Waals surface area contributed by atoms with Crippen LogP contribution in [-0.2, 0) is 33.3 Å². The van der Waals surface area contributed by atoms with Crippen molar-refractivity contribution in [1.82, 2.24) is 19.5 Å². The first-order valence-electron chi connectivity index (χ1n) is 8.34. The van der Waals surface area contributed by atoms with Gasteiger partial charge >= 0.3 is 17.9 Å². The van der Waals surface area contributed by atoms with E-state index in [0.717, 1.165) is 0 Å². The second kappa shape index (κ2) is 7.76. The third-order valence-electron chi connectivity index (χ3n) is 3.95. The summed E-state index contributed by atoms with van der Waals surface area (Å²) in [5.74, 6) is -1.74. The highest BCUT2D eigenvalue weighted by Crippen LogP contribution is 2.35. The molecule has 3 heterocycles. The first kappa shape index (κ1) is 19.5. The average molecular weight is 393 g/mol. The van der Waals surface area contributed by atoms with Crippen LogP contribution in [0.25, 0.3) is 11.2 Å². The number of fused-ring (bicyclic) bond motifs is 1. The highest BCUT2D eigenvalue weighted by Gasteiger charge is 2.51. The molecular weight excluding hydrogens is 374 g/mol. The van der Waals surface area contributed by atoms with Gasteiger partial charge in [-0.1, -0.05) is 0 Å². The van der Waals surface area contributed by atoms with E-state index in [9.17, 15) is 14.4 Å². The van der Waals surface area contributed by atoms with Gasteiger partial charge < -0.3 is 24.7 Å². The second-order valence-corrected chi connectivity index (χ2v) is 6.10. The van der Waals surface area contributed by atoms with Crippen LogP contribution in [0.1, 0.15) is 27.0 Å². The van der Waals surface area contributed by atoms with E-state index in [2.05, 4.69) is 15.0 Å². The standard InChI is InChI=1S/C16H19N5O7/c1-7(22)25-5-11-12(26-8(2)23)13(27-9(3)24)15(28-11)21-6-19-10-4-18-16(17)20-14(10)21/h4,6,11-13,15H,5H2,1-3H3,(H2,17,18,20)/t11-,12-,13+,15-/m1/s1. The van der Waals surface area contributed by atoms with Crippen molar-refractivity contribution in [2.24, 2.45) is 0 Å². The van der Waals surface area contributed by atoms with Crippen LogP contribution in [0.3, 0.4) is 0 Å². The SMILES string of the molecule is CC(=O)OC[C@H]1O[C@@H](n2cnc3cnc(N)nc32)[C@@H](OC(C)=O)[C@@H]1OC(C)=O. The largest absolute Gasteiger partial charge is 0.463 e. The minimum absolute atomic E-state index is 0.0179. The number of carbonyl (C=O) groups excluding carboxylic acids is 3. The number of anilines is 1. The van der Waals surface area contributed by atoms with Crippen molar-refractivity contribution in [3.8, 4) is 0 Å². The number of nitrogens with zero attached hydrogens (tertiary/aromatic N) is 4. The summed E-state index contributed by atoms with van der Waals surface area (Å²) in [5, 5.41) is 0. The van der Waals surface area contributed by atoms with Crippen molar-refractivity contribution in [3.63, 3.8) is 0 Å². The normalized spacial score (nSPS) is 24.1. The fourth-order valence-corrected chi connectivity index (χ4v) is 2.94. The molecule has 2 aromatic rings. The van der Waals surface area contributed by atoms with Crippen molar-refractivity contribution in [2.45, 2.75) is 45.3 Å². The van der Waals surface area contributed by atoms with E-state index < -0.39 is 42.4 Å². The van der Waals surface area contributed by atoms with Gasteiger partial charge in [-0.15, -0.1) is 0 Å². The first-order valence-corrected chi connectivity index (χ1v) is 8.34. The monoisotopic (exact) mass is 393 g/mol. The van der Waals surface area contributed by atoms with E-state index in [1.807, 2.05) is 0 Å². The van der Waals surface area contributed by atoms with Gasteiger partial charge in [-0.2, -0.15) is 4.98 Å². The molecule has 0 amide bonds. The third kappa shape index (κ3) is 4.01. The van der Waals surface area contributed by atoms with Crippen LogP contribution in [0.4, 0.5) is 5.95 Å². The Bertz CT molecular complexity index is 914. The van der Waals surface area contributed by atoms with Crippen LogP contribution in [0.5, 0.6) is 0 Å². The molecule has 2 aromatic heterocycles. The average Bonchev–Trinajstić information content (AvgIpc) is 3.14. The van der Waals surface area contributed by atoms with Gasteiger partial charge in [-0.3, -0.25) is 19.0 Å². The van der Waals surface area contributed by atoms with Crippen molar-refractivity contribution >= 4 is 35.0 Å². The summed E-state index contributed by atoms with van der Waals surface area (Å²) in [7, 11) is 0. The molecule has 2 N–H and O–H groups in total. The molecule has 28 heavy (non-hydrogen) atoms. The molecule has 0 spiro atoms. The Morgan fingerprint density at radius 3 is 2.43 bits per heavy atom. The van der Waals surface area contributed by atoms with E-state index >= 15 is 0 Å². The van der Waals surface area contributed by atoms with Crippen molar-refractivity contribution < 1.29 is 33.3 Å². The fourth-order valence-electron chi connectivity index (χ4n) is 2.94. The Kier molecular flexibility index (Phi) is 5.40. The number of nitrogen functional groups attached to an aromatic ring is 1. The minimum atomic E-state index is -1.03. The summed E-state index contributed by atoms with van der Waals surface area (Å²) >= 11 is 0. The van der Waals surface area contributed by atoms with Crippen LogP contribution in [0.15, 0.2) is 12.5 Å². The smallest absolute Gasteiger partial charge is 0.303 e. The van der Waals surface area contributed by atoms with Gasteiger partial charge in [0.2, 0.25) is 5.95 Å². The number of hydrogen-bond acceptors (Lipinski definition) is 11. The number of rotatable bonds is 5. The van der Waals surface area contributed by atoms with Crippen LogP contribution in [-0.4, -0.2) is 62.3 Å². The Hall–Kier alpha value is -3.28. The van der Waals surface area contributed by atoms with Gasteiger partial charge in [0.1, 0.15) is 18.2 Å². The lowest BCUT2D eigenvalue weighted by Crippen LogP contribution is -2.40. The Morgan fingerprint density at radius 1 is 1.11 bits per heavy atom. The molecule has 3 rings (SSSR count). The summed E-state index contributed by atoms with van der Waals surface area (Å²) < 4.78 is 23.1. The molecule has 0 saturated carbocycles. The summed E-state index contributed by atoms with van der Waals surface area (Å²) in [4.78, 5) is 46.6. The molecule has 1 aliphatic rings. The Balaban J connectivity index is 2.00. The summed E-state index contributed by atoms with van der Waals surface area (Å²) in [5.41, 5.74) is 6.43. The van der Waals surface area contributed by atoms with Gasteiger partial charge in [0.05, 0.1) is 12.5 Å². The van der Waals surface area contributed by atoms with Crippen LogP contribution in [0, 0.1) is 0 Å². The van der Waals surface area contributed by atoms with E-state index in [-0.39, 0.29) is 12.6 Å². The second-order valence-electron chi connectivity index (χ2n) is 6.10. The molecule has 0 aromatic carbocycles. The fraction of sp³-hybridized carbons (Fsp3) is 0.500. The third-order valence-corrected chi connectivity index (χ3v) is 3.95. The summed E-state index contributed by atoms with van der Waals surface area (Å²) in [6, 6.07) is 0. The zero-order valence-electron chi connectivity index (χ0n) is 15.4. The molecule has 150 valence electrons. The number of esters is 3. The van der Waals surface area contributed by atoms with Crippen molar-refractivity contribution in [2.75, 3.05) is 12.3 Å². The number of ether oxygens (including phenoxy) is 4. The first-order chi connectivity index (χ1) is 13.3. The van der Waals surface area contributed by atoms with E-state index in [1.165, 1.54) is 37.9 Å². The predicted molar refractivity (Wildman–Crippen MR) is 91.4 cm³/mol. The molecular formula is C16H19N5O7. The summed E-state index contributed by atoms with van der Waals surface area (Å²) in [6.45, 7) is 3.46. The molecule has 0 aliphatic carbocycles. The van der Waals surface area contributed by atoms with Crippen LogP contribution in [0.2, 0.25) is 0 Å². The predicted octanol–water partition coefficient (Wildman–Crippen LogP) is -0.268. The molecule has 1 fully saturated rings. The van der Waals surface area contributed by atoms with Gasteiger partial charge in [0, 0.05) is 20.8 Å². The maximum Gasteiger partial charge on any atom is 0.303 e. The van der Waals surface area contributed by atoms with E-state index in [1.54, 1.807) is 0 Å². The Morgan fingerprint density at radius 2 is 1.79 bits per heavy atom. The lowest BCUT2D eigenvalue weighted by Gasteiger charge is -2.23. The molecule has 12 heteroatoms. The topological polar surface area (TPSA) is 158 Å². The lowest BCUT2D eigenvalue weighted by molar-refractivity contribution is -0.166. The van der Waals surface area contributed by atoms with Crippen molar-refractivity contribution in [1.29, 1.82) is 0 Å². The zero-order chi connectivity index (χ0) is 20.4. The molecule has 0 radical (unpaired) electrons. The van der Waals surface area contributed by atoms with Gasteiger partial charge in [0.25, 0.3) is 0 Å². The number of aromatic nitrogens is 4. The van der Waals surface area contributed by atoms with Gasteiger partial charge in [-0.05, 0) is 0 Å². The molecule has 1 saturated heterocycles. The highest BCUT2D eigenvalue weighted by molar-refractivity contribution is 5.71. The number of carbonyl (C=O) groups is 3. The molecule has 4 atom stereocenters. The number of hydrogen-bond donors (Lipinski definition) is 1. The molecule has 1 aliphatic heterocycles. The maximum atomic E-state index is 11.7. The van der Waals surface area contributed by atoms with E-state index in [0.29, 0.717) is 11.2 Å². The number of imidazole rings is 1. The number of nitrogens with two attached hydrogens (primary N) is 1. The highest BCUT2D eigenvalue weighted by atomic mass is 16.7.